The van der Waals surface area contributed by atoms with Crippen molar-refractivity contribution in [1.29, 1.82) is 0 Å². The predicted octanol–water partition coefficient (Wildman–Crippen LogP) is 4.02. The highest BCUT2D eigenvalue weighted by Gasteiger charge is 2.15. The molecule has 0 atom stereocenters. The zero-order chi connectivity index (χ0) is 15.6. The van der Waals surface area contributed by atoms with Crippen molar-refractivity contribution in [2.24, 2.45) is 0 Å². The van der Waals surface area contributed by atoms with E-state index in [4.69, 9.17) is 11.6 Å². The number of aromatic hydroxyl groups is 1. The molecule has 0 fully saturated rings. The van der Waals surface area contributed by atoms with Gasteiger partial charge in [-0.05, 0) is 31.2 Å². The lowest BCUT2D eigenvalue weighted by molar-refractivity contribution is 0.101. The Morgan fingerprint density at radius 2 is 2.00 bits per heavy atom. The SMILES string of the molecule is CC(=O)c1cc(Cl)cc(CN(C)c2ccccc2F)c1O. The number of anilines is 1. The summed E-state index contributed by atoms with van der Waals surface area (Å²) in [4.78, 5) is 13.1. The smallest absolute Gasteiger partial charge is 0.163 e. The van der Waals surface area contributed by atoms with E-state index in [2.05, 4.69) is 0 Å². The molecule has 0 aliphatic carbocycles. The van der Waals surface area contributed by atoms with Crippen LogP contribution in [0, 0.1) is 5.82 Å². The molecule has 0 spiro atoms. The number of nitrogens with zero attached hydrogens (tertiary/aromatic N) is 1. The number of phenolic OH excluding ortho intramolecular Hbond substituents is 1. The van der Waals surface area contributed by atoms with Crippen LogP contribution in [0.2, 0.25) is 5.02 Å². The van der Waals surface area contributed by atoms with Gasteiger partial charge in [-0.15, -0.1) is 0 Å². The van der Waals surface area contributed by atoms with Gasteiger partial charge in [0.25, 0.3) is 0 Å². The standard InChI is InChI=1S/C16H15ClFNO2/c1-10(20)13-8-12(17)7-11(16(13)21)9-19(2)15-6-4-3-5-14(15)18/h3-8,21H,9H2,1-2H3. The first-order chi connectivity index (χ1) is 9.90. The van der Waals surface area contributed by atoms with Crippen LogP contribution >= 0.6 is 11.6 Å². The van der Waals surface area contributed by atoms with E-state index in [9.17, 15) is 14.3 Å². The molecule has 0 amide bonds. The number of ketones is 1. The molecule has 0 aromatic heterocycles. The minimum Gasteiger partial charge on any atom is -0.507 e. The highest BCUT2D eigenvalue weighted by Crippen LogP contribution is 2.30. The van der Waals surface area contributed by atoms with Gasteiger partial charge in [-0.3, -0.25) is 4.79 Å². The molecule has 0 bridgehead atoms. The number of carbonyl (C=O) groups is 1. The molecule has 2 aromatic carbocycles. The third kappa shape index (κ3) is 3.34. The van der Waals surface area contributed by atoms with Crippen molar-refractivity contribution in [2.45, 2.75) is 13.5 Å². The minimum atomic E-state index is -0.353. The van der Waals surface area contributed by atoms with E-state index in [-0.39, 0.29) is 29.5 Å². The topological polar surface area (TPSA) is 40.5 Å². The largest absolute Gasteiger partial charge is 0.507 e. The number of rotatable bonds is 4. The number of phenols is 1. The molecule has 0 saturated heterocycles. The van der Waals surface area contributed by atoms with Gasteiger partial charge in [0.15, 0.2) is 5.78 Å². The summed E-state index contributed by atoms with van der Waals surface area (Å²) in [6, 6.07) is 9.34. The molecule has 0 saturated carbocycles. The molecule has 0 unspecified atom stereocenters. The van der Waals surface area contributed by atoms with E-state index in [1.807, 2.05) is 0 Å². The average molecular weight is 308 g/mol. The molecule has 2 aromatic rings. The number of halogens is 2. The van der Waals surface area contributed by atoms with Gasteiger partial charge in [0, 0.05) is 24.2 Å². The van der Waals surface area contributed by atoms with E-state index in [0.29, 0.717) is 16.3 Å². The van der Waals surface area contributed by atoms with Crippen LogP contribution in [0.3, 0.4) is 0 Å². The zero-order valence-corrected chi connectivity index (χ0v) is 12.5. The Hall–Kier alpha value is -2.07. The molecule has 2 rings (SSSR count). The van der Waals surface area contributed by atoms with Crippen LogP contribution in [0.5, 0.6) is 5.75 Å². The van der Waals surface area contributed by atoms with Crippen LogP contribution in [0.1, 0.15) is 22.8 Å². The van der Waals surface area contributed by atoms with Crippen LogP contribution in [0.25, 0.3) is 0 Å². The molecule has 1 N–H and O–H groups in total. The lowest BCUT2D eigenvalue weighted by atomic mass is 10.1. The maximum atomic E-state index is 13.7. The van der Waals surface area contributed by atoms with E-state index >= 15 is 0 Å². The summed E-state index contributed by atoms with van der Waals surface area (Å²) in [6.07, 6.45) is 0. The Morgan fingerprint density at radius 3 is 2.62 bits per heavy atom. The second-order valence-electron chi connectivity index (χ2n) is 4.82. The number of carbonyl (C=O) groups excluding carboxylic acids is 1. The van der Waals surface area contributed by atoms with E-state index in [0.717, 1.165) is 0 Å². The second kappa shape index (κ2) is 6.14. The third-order valence-corrected chi connectivity index (χ3v) is 3.42. The average Bonchev–Trinajstić information content (AvgIpc) is 2.42. The fraction of sp³-hybridized carbons (Fsp3) is 0.188. The number of Topliss-reactive ketones (excluding diaryl/α,β-unsaturated/α-hetero) is 1. The van der Waals surface area contributed by atoms with Crippen molar-refractivity contribution in [3.05, 3.63) is 58.4 Å². The molecular weight excluding hydrogens is 293 g/mol. The van der Waals surface area contributed by atoms with Crippen LogP contribution in [0.4, 0.5) is 10.1 Å². The first-order valence-corrected chi connectivity index (χ1v) is 6.76. The molecule has 3 nitrogen and oxygen atoms in total. The van der Waals surface area contributed by atoms with Crippen molar-refractivity contribution in [3.63, 3.8) is 0 Å². The predicted molar refractivity (Wildman–Crippen MR) is 81.6 cm³/mol. The Kier molecular flexibility index (Phi) is 4.48. The summed E-state index contributed by atoms with van der Waals surface area (Å²) in [5.74, 6) is -0.742. The molecule has 21 heavy (non-hydrogen) atoms. The number of hydrogen-bond donors (Lipinski definition) is 1. The monoisotopic (exact) mass is 307 g/mol. The summed E-state index contributed by atoms with van der Waals surface area (Å²) in [7, 11) is 1.70. The summed E-state index contributed by atoms with van der Waals surface area (Å²) in [6.45, 7) is 1.59. The molecule has 0 radical (unpaired) electrons. The summed E-state index contributed by atoms with van der Waals surface area (Å²) in [5, 5.41) is 10.5. The number of hydrogen-bond acceptors (Lipinski definition) is 3. The first kappa shape index (κ1) is 15.3. The summed E-state index contributed by atoms with van der Waals surface area (Å²) >= 11 is 5.97. The lowest BCUT2D eigenvalue weighted by Crippen LogP contribution is -2.18. The quantitative estimate of drug-likeness (QED) is 0.867. The van der Waals surface area contributed by atoms with Crippen molar-refractivity contribution in [3.8, 4) is 5.75 Å². The Labute approximate surface area is 127 Å². The van der Waals surface area contributed by atoms with Gasteiger partial charge in [0.1, 0.15) is 11.6 Å². The third-order valence-electron chi connectivity index (χ3n) is 3.20. The van der Waals surface area contributed by atoms with Gasteiger partial charge >= 0.3 is 0 Å². The van der Waals surface area contributed by atoms with Crippen molar-refractivity contribution >= 4 is 23.1 Å². The minimum absolute atomic E-state index is 0.116. The van der Waals surface area contributed by atoms with Gasteiger partial charge in [0.05, 0.1) is 11.3 Å². The van der Waals surface area contributed by atoms with Gasteiger partial charge in [-0.2, -0.15) is 0 Å². The summed E-state index contributed by atoms with van der Waals surface area (Å²) < 4.78 is 13.7. The highest BCUT2D eigenvalue weighted by molar-refractivity contribution is 6.31. The van der Waals surface area contributed by atoms with E-state index in [1.165, 1.54) is 19.1 Å². The van der Waals surface area contributed by atoms with E-state index < -0.39 is 0 Å². The van der Waals surface area contributed by atoms with Crippen LogP contribution < -0.4 is 4.90 Å². The molecule has 0 aliphatic heterocycles. The van der Waals surface area contributed by atoms with Crippen LogP contribution in [0.15, 0.2) is 36.4 Å². The fourth-order valence-corrected chi connectivity index (χ4v) is 2.39. The molecule has 110 valence electrons. The Morgan fingerprint density at radius 1 is 1.33 bits per heavy atom. The maximum Gasteiger partial charge on any atom is 0.163 e. The molecule has 0 aliphatic rings. The zero-order valence-electron chi connectivity index (χ0n) is 11.7. The van der Waals surface area contributed by atoms with Crippen molar-refractivity contribution in [2.75, 3.05) is 11.9 Å². The van der Waals surface area contributed by atoms with Gasteiger partial charge in [-0.1, -0.05) is 23.7 Å². The van der Waals surface area contributed by atoms with Crippen molar-refractivity contribution < 1.29 is 14.3 Å². The maximum absolute atomic E-state index is 13.7. The van der Waals surface area contributed by atoms with Gasteiger partial charge in [0.2, 0.25) is 0 Å². The number of benzene rings is 2. The van der Waals surface area contributed by atoms with Crippen molar-refractivity contribution in [1.82, 2.24) is 0 Å². The highest BCUT2D eigenvalue weighted by atomic mass is 35.5. The van der Waals surface area contributed by atoms with Crippen LogP contribution in [-0.2, 0) is 6.54 Å². The lowest BCUT2D eigenvalue weighted by Gasteiger charge is -2.21. The Balaban J connectivity index is 2.36. The normalized spacial score (nSPS) is 10.5. The summed E-state index contributed by atoms with van der Waals surface area (Å²) in [5.41, 5.74) is 1.04. The second-order valence-corrected chi connectivity index (χ2v) is 5.26. The van der Waals surface area contributed by atoms with Gasteiger partial charge in [-0.25, -0.2) is 4.39 Å². The van der Waals surface area contributed by atoms with Gasteiger partial charge < -0.3 is 10.0 Å². The first-order valence-electron chi connectivity index (χ1n) is 6.38. The molecular formula is C16H15ClFNO2. The number of para-hydroxylation sites is 1. The molecule has 5 heteroatoms. The Bertz CT molecular complexity index is 688. The van der Waals surface area contributed by atoms with E-state index in [1.54, 1.807) is 36.2 Å². The molecule has 0 heterocycles. The fourth-order valence-electron chi connectivity index (χ4n) is 2.15. The van der Waals surface area contributed by atoms with Crippen LogP contribution in [-0.4, -0.2) is 17.9 Å².